The zero-order valence-corrected chi connectivity index (χ0v) is 10.2. The third-order valence-electron chi connectivity index (χ3n) is 1.67. The van der Waals surface area contributed by atoms with Gasteiger partial charge in [-0.1, -0.05) is 0 Å². The Kier molecular flexibility index (Phi) is 4.05. The predicted molar refractivity (Wildman–Crippen MR) is 68.2 cm³/mol. The molecule has 17 heavy (non-hydrogen) atoms. The van der Waals surface area contributed by atoms with Crippen LogP contribution in [0.25, 0.3) is 0 Å². The summed E-state index contributed by atoms with van der Waals surface area (Å²) >= 11 is 3.11. The van der Waals surface area contributed by atoms with Crippen LogP contribution in [0.1, 0.15) is 10.4 Å². The van der Waals surface area contributed by atoms with Gasteiger partial charge < -0.3 is 22.3 Å². The van der Waals surface area contributed by atoms with Gasteiger partial charge >= 0.3 is 5.97 Å². The Morgan fingerprint density at radius 2 is 1.94 bits per heavy atom. The quantitative estimate of drug-likeness (QED) is 0.461. The Balaban J connectivity index is 3.07. The number of carboxylic acid groups (broad SMARTS) is 1. The summed E-state index contributed by atoms with van der Waals surface area (Å²) in [6.07, 6.45) is 0. The van der Waals surface area contributed by atoms with Gasteiger partial charge in [-0.3, -0.25) is 0 Å². The molecule has 0 fully saturated rings. The van der Waals surface area contributed by atoms with Gasteiger partial charge in [0.05, 0.1) is 11.3 Å². The molecule has 0 aromatic heterocycles. The van der Waals surface area contributed by atoms with Crippen LogP contribution in [-0.2, 0) is 0 Å². The zero-order chi connectivity index (χ0) is 13.0. The van der Waals surface area contributed by atoms with Crippen molar-refractivity contribution in [3.63, 3.8) is 0 Å². The summed E-state index contributed by atoms with van der Waals surface area (Å²) in [6.45, 7) is 0. The number of benzene rings is 1. The highest BCUT2D eigenvalue weighted by molar-refractivity contribution is 9.10. The second-order valence-corrected chi connectivity index (χ2v) is 3.83. The third-order valence-corrected chi connectivity index (χ3v) is 2.33. The van der Waals surface area contributed by atoms with E-state index < -0.39 is 5.97 Å². The lowest BCUT2D eigenvalue weighted by Crippen LogP contribution is -2.26. The Morgan fingerprint density at radius 3 is 2.41 bits per heavy atom. The maximum atomic E-state index is 10.8. The highest BCUT2D eigenvalue weighted by atomic mass is 79.9. The summed E-state index contributed by atoms with van der Waals surface area (Å²) in [5, 5.41) is 8.81. The van der Waals surface area contributed by atoms with E-state index >= 15 is 0 Å². The number of carboxylic acids is 1. The monoisotopic (exact) mass is 299 g/mol. The van der Waals surface area contributed by atoms with Crippen molar-refractivity contribution in [3.05, 3.63) is 28.2 Å². The lowest BCUT2D eigenvalue weighted by Gasteiger charge is -2.00. The average molecular weight is 300 g/mol. The highest BCUT2D eigenvalue weighted by Crippen LogP contribution is 2.23. The summed E-state index contributed by atoms with van der Waals surface area (Å²) < 4.78 is 0.392. The number of rotatable bonds is 2. The molecule has 0 atom stereocenters. The Hall–Kier alpha value is -2.09. The molecule has 0 heterocycles. The van der Waals surface area contributed by atoms with Crippen LogP contribution in [0.3, 0.4) is 0 Å². The molecule has 0 saturated heterocycles. The van der Waals surface area contributed by atoms with Crippen LogP contribution in [0, 0.1) is 0 Å². The topological polar surface area (TPSA) is 140 Å². The van der Waals surface area contributed by atoms with E-state index in [0.29, 0.717) is 10.2 Å². The fraction of sp³-hybridized carbons (Fsp3) is 0. The molecule has 0 aliphatic rings. The predicted octanol–water partition coefficient (Wildman–Crippen LogP) is 0.367. The van der Waals surface area contributed by atoms with Crippen molar-refractivity contribution in [3.8, 4) is 0 Å². The molecule has 90 valence electrons. The fourth-order valence-electron chi connectivity index (χ4n) is 1.04. The number of nitrogens with zero attached hydrogens (tertiary/aromatic N) is 2. The van der Waals surface area contributed by atoms with Gasteiger partial charge in [0.25, 0.3) is 0 Å². The number of aliphatic imine (C=N–C) groups is 2. The van der Waals surface area contributed by atoms with Crippen LogP contribution in [0.4, 0.5) is 5.69 Å². The molecule has 0 bridgehead atoms. The van der Waals surface area contributed by atoms with Gasteiger partial charge in [-0.25, -0.2) is 9.79 Å². The number of hydrogen-bond donors (Lipinski definition) is 4. The molecule has 7 nitrogen and oxygen atoms in total. The van der Waals surface area contributed by atoms with Crippen molar-refractivity contribution in [1.82, 2.24) is 0 Å². The van der Waals surface area contributed by atoms with E-state index in [9.17, 15) is 4.79 Å². The van der Waals surface area contributed by atoms with Gasteiger partial charge in [0.1, 0.15) is 0 Å². The standard InChI is InChI=1S/C9H10BrN5O2/c10-6-3-4(1-2-5(6)7(16)17)14-9(13)15-8(11)12/h1-3H,(H,16,17)(H6,11,12,13,14,15). The number of guanidine groups is 2. The molecule has 7 N–H and O–H groups in total. The first kappa shape index (κ1) is 13.0. The van der Waals surface area contributed by atoms with Gasteiger partial charge in [-0.05, 0) is 34.1 Å². The number of nitrogens with two attached hydrogens (primary N) is 3. The van der Waals surface area contributed by atoms with Gasteiger partial charge in [0.15, 0.2) is 5.96 Å². The van der Waals surface area contributed by atoms with Crippen molar-refractivity contribution < 1.29 is 9.90 Å². The van der Waals surface area contributed by atoms with Crippen LogP contribution in [0.5, 0.6) is 0 Å². The maximum Gasteiger partial charge on any atom is 0.336 e. The van der Waals surface area contributed by atoms with Crippen LogP contribution in [0.15, 0.2) is 32.7 Å². The summed E-state index contributed by atoms with van der Waals surface area (Å²) in [5.41, 5.74) is 16.2. The average Bonchev–Trinajstić information content (AvgIpc) is 2.15. The minimum atomic E-state index is -1.04. The number of aromatic carboxylic acids is 1. The van der Waals surface area contributed by atoms with Gasteiger partial charge in [0.2, 0.25) is 5.96 Å². The minimum Gasteiger partial charge on any atom is -0.478 e. The highest BCUT2D eigenvalue weighted by Gasteiger charge is 2.08. The molecular formula is C9H10BrN5O2. The first-order valence-corrected chi connectivity index (χ1v) is 5.16. The van der Waals surface area contributed by atoms with Crippen LogP contribution < -0.4 is 17.2 Å². The van der Waals surface area contributed by atoms with Crippen LogP contribution in [-0.4, -0.2) is 23.0 Å². The normalized spacial score (nSPS) is 11.0. The van der Waals surface area contributed by atoms with Crippen molar-refractivity contribution >= 4 is 39.5 Å². The van der Waals surface area contributed by atoms with E-state index in [-0.39, 0.29) is 17.5 Å². The molecular weight excluding hydrogens is 290 g/mol. The van der Waals surface area contributed by atoms with E-state index in [4.69, 9.17) is 22.3 Å². The first-order chi connectivity index (χ1) is 7.90. The molecule has 0 unspecified atom stereocenters. The van der Waals surface area contributed by atoms with E-state index in [1.54, 1.807) is 0 Å². The van der Waals surface area contributed by atoms with Crippen LogP contribution >= 0.6 is 15.9 Å². The van der Waals surface area contributed by atoms with Gasteiger partial charge in [0, 0.05) is 4.47 Å². The molecule has 0 aliphatic carbocycles. The molecule has 1 aromatic carbocycles. The number of halogens is 1. The lowest BCUT2D eigenvalue weighted by atomic mass is 10.2. The largest absolute Gasteiger partial charge is 0.478 e. The Bertz CT molecular complexity index is 508. The number of carbonyl (C=O) groups is 1. The van der Waals surface area contributed by atoms with Crippen molar-refractivity contribution in [2.24, 2.45) is 27.2 Å². The van der Waals surface area contributed by atoms with Crippen molar-refractivity contribution in [2.75, 3.05) is 0 Å². The molecule has 0 saturated carbocycles. The fourth-order valence-corrected chi connectivity index (χ4v) is 1.57. The Labute approximate surface area is 105 Å². The second-order valence-electron chi connectivity index (χ2n) is 2.98. The zero-order valence-electron chi connectivity index (χ0n) is 8.59. The van der Waals surface area contributed by atoms with Gasteiger partial charge in [-0.2, -0.15) is 4.99 Å². The molecule has 0 spiro atoms. The maximum absolute atomic E-state index is 10.8. The third kappa shape index (κ3) is 3.76. The smallest absolute Gasteiger partial charge is 0.336 e. The molecule has 0 radical (unpaired) electrons. The minimum absolute atomic E-state index is 0.111. The molecule has 1 rings (SSSR count). The summed E-state index contributed by atoms with van der Waals surface area (Å²) in [5.74, 6) is -1.35. The lowest BCUT2D eigenvalue weighted by molar-refractivity contribution is 0.0696. The summed E-state index contributed by atoms with van der Waals surface area (Å²) in [4.78, 5) is 18.2. The Morgan fingerprint density at radius 1 is 1.29 bits per heavy atom. The van der Waals surface area contributed by atoms with E-state index in [0.717, 1.165) is 0 Å². The molecule has 0 aliphatic heterocycles. The van der Waals surface area contributed by atoms with E-state index in [1.165, 1.54) is 18.2 Å². The molecule has 1 aromatic rings. The second kappa shape index (κ2) is 5.30. The van der Waals surface area contributed by atoms with Crippen LogP contribution in [0.2, 0.25) is 0 Å². The van der Waals surface area contributed by atoms with Crippen molar-refractivity contribution in [1.29, 1.82) is 0 Å². The number of hydrogen-bond acceptors (Lipinski definition) is 2. The summed E-state index contributed by atoms with van der Waals surface area (Å²) in [6, 6.07) is 4.38. The first-order valence-electron chi connectivity index (χ1n) is 4.37. The van der Waals surface area contributed by atoms with E-state index in [1.807, 2.05) is 0 Å². The molecule has 8 heteroatoms. The van der Waals surface area contributed by atoms with E-state index in [2.05, 4.69) is 25.9 Å². The van der Waals surface area contributed by atoms with Gasteiger partial charge in [-0.15, -0.1) is 0 Å². The SMILES string of the molecule is NC(N)=NC(N)=Nc1ccc(C(=O)O)c(Br)c1. The molecule has 0 amide bonds. The summed E-state index contributed by atoms with van der Waals surface area (Å²) in [7, 11) is 0. The van der Waals surface area contributed by atoms with Crippen molar-refractivity contribution in [2.45, 2.75) is 0 Å².